The Kier molecular flexibility index (Phi) is 5.91. The lowest BCUT2D eigenvalue weighted by Crippen LogP contribution is -2.26. The van der Waals surface area contributed by atoms with E-state index in [0.29, 0.717) is 34.4 Å². The molecular weight excluding hydrogens is 405 g/mol. The molecule has 144 valence electrons. The predicted molar refractivity (Wildman–Crippen MR) is 105 cm³/mol. The third-order valence-electron chi connectivity index (χ3n) is 4.02. The summed E-state index contributed by atoms with van der Waals surface area (Å²) in [4.78, 5) is 22.9. The van der Waals surface area contributed by atoms with E-state index in [1.54, 1.807) is 37.3 Å². The van der Waals surface area contributed by atoms with E-state index in [4.69, 9.17) is 23.2 Å². The number of amides is 1. The van der Waals surface area contributed by atoms with Gasteiger partial charge in [0.2, 0.25) is 0 Å². The molecule has 0 unspecified atom stereocenters. The van der Waals surface area contributed by atoms with Gasteiger partial charge in [-0.05, 0) is 43.2 Å². The first-order valence-corrected chi connectivity index (χ1v) is 9.01. The molecule has 0 saturated heterocycles. The topological polar surface area (TPSA) is 103 Å². The number of nitrogens with one attached hydrogen (secondary N) is 1. The van der Waals surface area contributed by atoms with E-state index in [9.17, 15) is 14.9 Å². The smallest absolute Gasteiger partial charge is 0.273 e. The van der Waals surface area contributed by atoms with E-state index >= 15 is 0 Å². The second kappa shape index (κ2) is 8.37. The molecule has 3 rings (SSSR count). The molecule has 0 saturated carbocycles. The van der Waals surface area contributed by atoms with Crippen molar-refractivity contribution >= 4 is 34.8 Å². The van der Waals surface area contributed by atoms with Crippen LogP contribution in [0.5, 0.6) is 0 Å². The lowest BCUT2D eigenvalue weighted by molar-refractivity contribution is -0.384. The SMILES string of the molecule is Cc1c(C(=O)NCCc2cc(Cl)cc(Cl)c2)nnn1-c1cccc([N+](=O)[O-])c1. The van der Waals surface area contributed by atoms with Gasteiger partial charge < -0.3 is 5.32 Å². The molecule has 0 radical (unpaired) electrons. The third kappa shape index (κ3) is 4.47. The monoisotopic (exact) mass is 419 g/mol. The number of hydrogen-bond acceptors (Lipinski definition) is 5. The van der Waals surface area contributed by atoms with Gasteiger partial charge in [0.05, 0.1) is 16.3 Å². The molecule has 0 aliphatic heterocycles. The molecule has 8 nitrogen and oxygen atoms in total. The maximum Gasteiger partial charge on any atom is 0.273 e. The first kappa shape index (κ1) is 19.8. The van der Waals surface area contributed by atoms with Crippen molar-refractivity contribution in [1.82, 2.24) is 20.3 Å². The van der Waals surface area contributed by atoms with Crippen LogP contribution in [0.1, 0.15) is 21.7 Å². The Bertz CT molecular complexity index is 1030. The van der Waals surface area contributed by atoms with Crippen molar-refractivity contribution in [3.63, 3.8) is 0 Å². The van der Waals surface area contributed by atoms with E-state index in [-0.39, 0.29) is 17.3 Å². The van der Waals surface area contributed by atoms with Gasteiger partial charge in [0.1, 0.15) is 0 Å². The predicted octanol–water partition coefficient (Wildman–Crippen LogP) is 3.76. The highest BCUT2D eigenvalue weighted by molar-refractivity contribution is 6.34. The summed E-state index contributed by atoms with van der Waals surface area (Å²) < 4.78 is 1.39. The summed E-state index contributed by atoms with van der Waals surface area (Å²) in [5.41, 5.74) is 1.90. The fourth-order valence-electron chi connectivity index (χ4n) is 2.68. The summed E-state index contributed by atoms with van der Waals surface area (Å²) in [5.74, 6) is -0.387. The van der Waals surface area contributed by atoms with Crippen LogP contribution in [0.4, 0.5) is 5.69 Å². The second-order valence-electron chi connectivity index (χ2n) is 6.00. The molecule has 1 amide bonds. The van der Waals surface area contributed by atoms with Crippen LogP contribution in [0.15, 0.2) is 42.5 Å². The molecule has 2 aromatic carbocycles. The van der Waals surface area contributed by atoms with E-state index in [1.165, 1.54) is 16.8 Å². The quantitative estimate of drug-likeness (QED) is 0.483. The molecule has 28 heavy (non-hydrogen) atoms. The minimum Gasteiger partial charge on any atom is -0.350 e. The number of benzene rings is 2. The maximum absolute atomic E-state index is 12.4. The molecule has 0 atom stereocenters. The van der Waals surface area contributed by atoms with Crippen molar-refractivity contribution in [2.45, 2.75) is 13.3 Å². The van der Waals surface area contributed by atoms with Crippen molar-refractivity contribution in [3.05, 3.63) is 79.6 Å². The number of carbonyl (C=O) groups excluding carboxylic acids is 1. The van der Waals surface area contributed by atoms with Crippen LogP contribution in [-0.4, -0.2) is 32.4 Å². The molecule has 0 bridgehead atoms. The number of nitrogens with zero attached hydrogens (tertiary/aromatic N) is 4. The summed E-state index contributed by atoms with van der Waals surface area (Å²) in [6.45, 7) is 2.03. The standard InChI is InChI=1S/C18H15Cl2N5O3/c1-11-17(18(26)21-6-5-12-7-13(19)9-14(20)8-12)22-23-24(11)15-3-2-4-16(10-15)25(27)28/h2-4,7-10H,5-6H2,1H3,(H,21,26). The van der Waals surface area contributed by atoms with Gasteiger partial charge in [-0.25, -0.2) is 4.68 Å². The van der Waals surface area contributed by atoms with Crippen LogP contribution in [0, 0.1) is 17.0 Å². The zero-order chi connectivity index (χ0) is 20.3. The minimum absolute atomic E-state index is 0.0708. The van der Waals surface area contributed by atoms with Crippen molar-refractivity contribution in [1.29, 1.82) is 0 Å². The van der Waals surface area contributed by atoms with Gasteiger partial charge in [-0.1, -0.05) is 34.5 Å². The number of hydrogen-bond donors (Lipinski definition) is 1. The first-order chi connectivity index (χ1) is 13.3. The number of non-ortho nitro benzene ring substituents is 1. The fourth-order valence-corrected chi connectivity index (χ4v) is 3.25. The Balaban J connectivity index is 1.70. The Morgan fingerprint density at radius 3 is 2.61 bits per heavy atom. The molecule has 1 heterocycles. The Morgan fingerprint density at radius 2 is 1.93 bits per heavy atom. The van der Waals surface area contributed by atoms with Crippen LogP contribution in [0.3, 0.4) is 0 Å². The maximum atomic E-state index is 12.4. The van der Waals surface area contributed by atoms with Crippen LogP contribution >= 0.6 is 23.2 Å². The lowest BCUT2D eigenvalue weighted by atomic mass is 10.1. The highest BCUT2D eigenvalue weighted by Gasteiger charge is 2.18. The van der Waals surface area contributed by atoms with Crippen molar-refractivity contribution in [2.24, 2.45) is 0 Å². The highest BCUT2D eigenvalue weighted by Crippen LogP contribution is 2.20. The molecule has 0 aliphatic carbocycles. The zero-order valence-corrected chi connectivity index (χ0v) is 16.2. The van der Waals surface area contributed by atoms with Gasteiger partial charge in [0.25, 0.3) is 11.6 Å². The number of carbonyl (C=O) groups is 1. The molecular formula is C18H15Cl2N5O3. The van der Waals surface area contributed by atoms with E-state index in [2.05, 4.69) is 15.6 Å². The number of nitro benzene ring substituents is 1. The Morgan fingerprint density at radius 1 is 1.21 bits per heavy atom. The average molecular weight is 420 g/mol. The van der Waals surface area contributed by atoms with E-state index in [1.807, 2.05) is 0 Å². The summed E-state index contributed by atoms with van der Waals surface area (Å²) in [5, 5.41) is 22.6. The van der Waals surface area contributed by atoms with Gasteiger partial charge >= 0.3 is 0 Å². The van der Waals surface area contributed by atoms with Crippen LogP contribution in [0.25, 0.3) is 5.69 Å². The molecule has 0 fully saturated rings. The number of halogens is 2. The third-order valence-corrected chi connectivity index (χ3v) is 4.45. The summed E-state index contributed by atoms with van der Waals surface area (Å²) >= 11 is 11.9. The summed E-state index contributed by atoms with van der Waals surface area (Å²) in [7, 11) is 0. The molecule has 0 spiro atoms. The Hall–Kier alpha value is -2.97. The molecule has 1 aromatic heterocycles. The molecule has 1 N–H and O–H groups in total. The first-order valence-electron chi connectivity index (χ1n) is 8.25. The van der Waals surface area contributed by atoms with Gasteiger partial charge in [0.15, 0.2) is 5.69 Å². The highest BCUT2D eigenvalue weighted by atomic mass is 35.5. The van der Waals surface area contributed by atoms with E-state index in [0.717, 1.165) is 5.56 Å². The molecule has 3 aromatic rings. The van der Waals surface area contributed by atoms with Crippen molar-refractivity contribution in [2.75, 3.05) is 6.54 Å². The fraction of sp³-hybridized carbons (Fsp3) is 0.167. The number of rotatable bonds is 6. The summed E-state index contributed by atoms with van der Waals surface area (Å²) in [6, 6.07) is 11.1. The van der Waals surface area contributed by atoms with Gasteiger partial charge in [-0.3, -0.25) is 14.9 Å². The van der Waals surface area contributed by atoms with Crippen molar-refractivity contribution in [3.8, 4) is 5.69 Å². The number of nitro groups is 1. The number of aromatic nitrogens is 3. The largest absolute Gasteiger partial charge is 0.350 e. The molecule has 10 heteroatoms. The lowest BCUT2D eigenvalue weighted by Gasteiger charge is -2.06. The Labute approximate surface area is 170 Å². The normalized spacial score (nSPS) is 10.7. The average Bonchev–Trinajstić information content (AvgIpc) is 3.02. The van der Waals surface area contributed by atoms with E-state index < -0.39 is 4.92 Å². The van der Waals surface area contributed by atoms with Gasteiger partial charge in [-0.2, -0.15) is 0 Å². The second-order valence-corrected chi connectivity index (χ2v) is 6.87. The minimum atomic E-state index is -0.495. The zero-order valence-electron chi connectivity index (χ0n) is 14.7. The van der Waals surface area contributed by atoms with Crippen LogP contribution in [-0.2, 0) is 6.42 Å². The van der Waals surface area contributed by atoms with Crippen LogP contribution < -0.4 is 5.32 Å². The molecule has 0 aliphatic rings. The summed E-state index contributed by atoms with van der Waals surface area (Å²) in [6.07, 6.45) is 0.546. The van der Waals surface area contributed by atoms with Gasteiger partial charge in [0, 0.05) is 28.7 Å². The van der Waals surface area contributed by atoms with Crippen molar-refractivity contribution < 1.29 is 9.72 Å². The van der Waals surface area contributed by atoms with Crippen LogP contribution in [0.2, 0.25) is 10.0 Å². The van der Waals surface area contributed by atoms with Gasteiger partial charge in [-0.15, -0.1) is 5.10 Å².